The number of carbonyl (C=O) groups excluding carboxylic acids is 2. The van der Waals surface area contributed by atoms with E-state index in [4.69, 9.17) is 21.4 Å². The number of imide groups is 1. The Balaban J connectivity index is 1.42. The van der Waals surface area contributed by atoms with E-state index in [1.54, 1.807) is 48.5 Å². The maximum atomic E-state index is 12.8. The van der Waals surface area contributed by atoms with Gasteiger partial charge in [0.1, 0.15) is 18.1 Å². The number of aromatic carboxylic acids is 1. The third-order valence-corrected chi connectivity index (χ3v) is 5.76. The van der Waals surface area contributed by atoms with E-state index in [-0.39, 0.29) is 24.3 Å². The second-order valence-corrected chi connectivity index (χ2v) is 8.48. The van der Waals surface area contributed by atoms with Gasteiger partial charge >= 0.3 is 12.0 Å². The summed E-state index contributed by atoms with van der Waals surface area (Å²) in [5.74, 6) is -0.885. The number of hydrogen-bond donors (Lipinski definition) is 1. The van der Waals surface area contributed by atoms with Gasteiger partial charge in [0.05, 0.1) is 15.7 Å². The van der Waals surface area contributed by atoms with Crippen LogP contribution in [-0.2, 0) is 17.8 Å². The fourth-order valence-electron chi connectivity index (χ4n) is 3.26. The van der Waals surface area contributed by atoms with Crippen molar-refractivity contribution >= 4 is 56.8 Å². The number of rotatable bonds is 7. The number of amides is 3. The highest BCUT2D eigenvalue weighted by Crippen LogP contribution is 2.29. The predicted octanol–water partition coefficient (Wildman–Crippen LogP) is 5.53. The Morgan fingerprint density at radius 1 is 1.03 bits per heavy atom. The van der Waals surface area contributed by atoms with Crippen molar-refractivity contribution in [2.75, 3.05) is 4.90 Å². The number of carboxylic acid groups (broad SMARTS) is 1. The summed E-state index contributed by atoms with van der Waals surface area (Å²) in [6, 6.07) is 17.6. The van der Waals surface area contributed by atoms with Gasteiger partial charge < -0.3 is 9.84 Å². The summed E-state index contributed by atoms with van der Waals surface area (Å²) in [5.41, 5.74) is 2.31. The lowest BCUT2D eigenvalue weighted by atomic mass is 10.1. The highest BCUT2D eigenvalue weighted by atomic mass is 79.9. The van der Waals surface area contributed by atoms with E-state index in [1.807, 2.05) is 0 Å². The quantitative estimate of drug-likeness (QED) is 0.436. The van der Waals surface area contributed by atoms with Crippen molar-refractivity contribution in [1.29, 1.82) is 0 Å². The number of aliphatic imine (C=N–C) groups is 1. The number of halogens is 2. The molecule has 4 rings (SSSR count). The molecule has 9 heteroatoms. The fourth-order valence-corrected chi connectivity index (χ4v) is 3.98. The molecular formula is C24H16BrClN2O5. The molecular weight excluding hydrogens is 512 g/mol. The monoisotopic (exact) mass is 526 g/mol. The summed E-state index contributed by atoms with van der Waals surface area (Å²) >= 11 is 9.44. The molecule has 1 aliphatic heterocycles. The number of ether oxygens (including phenoxy) is 1. The Labute approximate surface area is 202 Å². The Hall–Kier alpha value is -3.49. The lowest BCUT2D eigenvalue weighted by Crippen LogP contribution is -2.33. The lowest BCUT2D eigenvalue weighted by Gasteiger charge is -2.13. The molecule has 3 aromatic carbocycles. The molecule has 7 nitrogen and oxygen atoms in total. The van der Waals surface area contributed by atoms with Crippen LogP contribution in [0.2, 0.25) is 5.02 Å². The predicted molar refractivity (Wildman–Crippen MR) is 127 cm³/mol. The van der Waals surface area contributed by atoms with Crippen molar-refractivity contribution in [1.82, 2.24) is 0 Å². The van der Waals surface area contributed by atoms with Crippen molar-refractivity contribution in [2.24, 2.45) is 4.99 Å². The topological polar surface area (TPSA) is 96.3 Å². The van der Waals surface area contributed by atoms with Crippen molar-refractivity contribution in [3.8, 4) is 5.75 Å². The number of carbonyl (C=O) groups is 3. The maximum absolute atomic E-state index is 12.8. The molecule has 1 N–H and O–H groups in total. The molecule has 0 saturated carbocycles. The van der Waals surface area contributed by atoms with E-state index in [0.717, 1.165) is 16.0 Å². The fraction of sp³-hybridized carbons (Fsp3) is 0.0833. The summed E-state index contributed by atoms with van der Waals surface area (Å²) < 4.78 is 6.48. The van der Waals surface area contributed by atoms with Crippen LogP contribution in [0.5, 0.6) is 5.75 Å². The van der Waals surface area contributed by atoms with Crippen LogP contribution in [-0.4, -0.2) is 28.7 Å². The molecule has 3 amide bonds. The maximum Gasteiger partial charge on any atom is 0.355 e. The minimum absolute atomic E-state index is 0.138. The Bertz CT molecular complexity index is 1290. The average Bonchev–Trinajstić information content (AvgIpc) is 3.06. The first-order chi connectivity index (χ1) is 15.8. The van der Waals surface area contributed by atoms with E-state index in [0.29, 0.717) is 20.9 Å². The standard InChI is InChI=1S/C24H16BrClN2O5/c25-19-10-15(6-9-21(19)33-13-14-4-7-16(8-5-14)23(30)31)11-20-22(29)28(24(32)27-20)18-3-1-2-17(26)12-18/h1-10,12H,11,13H2,(H,30,31). The normalized spacial score (nSPS) is 13.3. The Morgan fingerprint density at radius 3 is 2.42 bits per heavy atom. The van der Waals surface area contributed by atoms with Crippen LogP contribution in [0.4, 0.5) is 10.5 Å². The Kier molecular flexibility index (Phi) is 6.57. The minimum Gasteiger partial charge on any atom is -0.488 e. The summed E-state index contributed by atoms with van der Waals surface area (Å²) in [5, 5.41) is 9.38. The summed E-state index contributed by atoms with van der Waals surface area (Å²) in [4.78, 5) is 40.9. The molecule has 1 aliphatic rings. The van der Waals surface area contributed by atoms with Crippen LogP contribution in [0.15, 0.2) is 76.2 Å². The molecule has 1 heterocycles. The SMILES string of the molecule is O=C(O)c1ccc(COc2ccc(CC3=NC(=O)N(c4cccc(Cl)c4)C3=O)cc2Br)cc1. The largest absolute Gasteiger partial charge is 0.488 e. The van der Waals surface area contributed by atoms with Crippen molar-refractivity contribution in [2.45, 2.75) is 13.0 Å². The zero-order valence-electron chi connectivity index (χ0n) is 17.0. The molecule has 0 saturated heterocycles. The van der Waals surface area contributed by atoms with Crippen LogP contribution in [0, 0.1) is 0 Å². The molecule has 0 bridgehead atoms. The number of carboxylic acids is 1. The summed E-state index contributed by atoms with van der Waals surface area (Å²) in [6.45, 7) is 0.256. The van der Waals surface area contributed by atoms with E-state index < -0.39 is 17.9 Å². The third kappa shape index (κ3) is 5.13. The highest BCUT2D eigenvalue weighted by molar-refractivity contribution is 9.10. The first-order valence-electron chi connectivity index (χ1n) is 9.77. The second kappa shape index (κ2) is 9.56. The van der Waals surface area contributed by atoms with E-state index in [2.05, 4.69) is 20.9 Å². The van der Waals surface area contributed by atoms with Gasteiger partial charge in [-0.25, -0.2) is 14.5 Å². The summed E-state index contributed by atoms with van der Waals surface area (Å²) in [7, 11) is 0. The number of hydrogen-bond acceptors (Lipinski definition) is 4. The molecule has 0 fully saturated rings. The van der Waals surface area contributed by atoms with Crippen molar-refractivity contribution in [3.63, 3.8) is 0 Å². The van der Waals surface area contributed by atoms with Gasteiger partial charge in [-0.1, -0.05) is 35.9 Å². The van der Waals surface area contributed by atoms with Gasteiger partial charge in [0, 0.05) is 11.4 Å². The van der Waals surface area contributed by atoms with Gasteiger partial charge in [0.2, 0.25) is 0 Å². The number of urea groups is 1. The third-order valence-electron chi connectivity index (χ3n) is 4.90. The second-order valence-electron chi connectivity index (χ2n) is 7.19. The van der Waals surface area contributed by atoms with Crippen LogP contribution < -0.4 is 9.64 Å². The van der Waals surface area contributed by atoms with Gasteiger partial charge in [-0.05, 0) is 69.5 Å². The number of anilines is 1. The molecule has 0 atom stereocenters. The molecule has 3 aromatic rings. The van der Waals surface area contributed by atoms with Gasteiger partial charge in [-0.3, -0.25) is 4.79 Å². The molecule has 0 radical (unpaired) electrons. The van der Waals surface area contributed by atoms with Crippen LogP contribution in [0.25, 0.3) is 0 Å². The van der Waals surface area contributed by atoms with Gasteiger partial charge in [0.25, 0.3) is 5.91 Å². The zero-order valence-corrected chi connectivity index (χ0v) is 19.3. The average molecular weight is 528 g/mol. The lowest BCUT2D eigenvalue weighted by molar-refractivity contribution is -0.111. The molecule has 0 unspecified atom stereocenters. The number of benzene rings is 3. The van der Waals surface area contributed by atoms with E-state index in [9.17, 15) is 14.4 Å². The molecule has 166 valence electrons. The van der Waals surface area contributed by atoms with Crippen molar-refractivity contribution in [3.05, 3.63) is 92.9 Å². The minimum atomic E-state index is -0.983. The number of nitrogens with zero attached hydrogens (tertiary/aromatic N) is 2. The Morgan fingerprint density at radius 2 is 1.76 bits per heavy atom. The molecule has 0 spiro atoms. The highest BCUT2D eigenvalue weighted by Gasteiger charge is 2.34. The smallest absolute Gasteiger partial charge is 0.355 e. The van der Waals surface area contributed by atoms with Crippen molar-refractivity contribution < 1.29 is 24.2 Å². The van der Waals surface area contributed by atoms with E-state index >= 15 is 0 Å². The molecule has 0 aliphatic carbocycles. The van der Waals surface area contributed by atoms with Gasteiger partial charge in [0.15, 0.2) is 0 Å². The zero-order chi connectivity index (χ0) is 23.5. The first-order valence-corrected chi connectivity index (χ1v) is 10.9. The summed E-state index contributed by atoms with van der Waals surface area (Å²) in [6.07, 6.45) is 0.178. The van der Waals surface area contributed by atoms with Gasteiger partial charge in [-0.15, -0.1) is 0 Å². The molecule has 0 aromatic heterocycles. The molecule has 33 heavy (non-hydrogen) atoms. The first kappa shape index (κ1) is 22.7. The van der Waals surface area contributed by atoms with Crippen LogP contribution in [0.1, 0.15) is 21.5 Å². The van der Waals surface area contributed by atoms with Gasteiger partial charge in [-0.2, -0.15) is 4.99 Å². The van der Waals surface area contributed by atoms with E-state index in [1.165, 1.54) is 18.2 Å². The van der Waals surface area contributed by atoms with Crippen LogP contribution in [0.3, 0.4) is 0 Å². The van der Waals surface area contributed by atoms with Crippen LogP contribution >= 0.6 is 27.5 Å².